The minimum atomic E-state index is 0.0302. The fraction of sp³-hybridized carbons (Fsp3) is 0.733. The minimum absolute atomic E-state index is 0.0302. The summed E-state index contributed by atoms with van der Waals surface area (Å²) in [7, 11) is 1.77. The highest BCUT2D eigenvalue weighted by Gasteiger charge is 2.27. The van der Waals surface area contributed by atoms with Crippen LogP contribution in [0.3, 0.4) is 0 Å². The van der Waals surface area contributed by atoms with Crippen LogP contribution >= 0.6 is 28.1 Å². The summed E-state index contributed by atoms with van der Waals surface area (Å²) in [5.41, 5.74) is 1.11. The molecule has 2 rings (SSSR count). The fourth-order valence-corrected chi connectivity index (χ4v) is 3.85. The Kier molecular flexibility index (Phi) is 5.75. The van der Waals surface area contributed by atoms with Crippen LogP contribution in [0.1, 0.15) is 69.5 Å². The van der Waals surface area contributed by atoms with Crippen LogP contribution in [0.4, 0.5) is 0 Å². The number of hydrogen-bond acceptors (Lipinski definition) is 3. The third-order valence-corrected chi connectivity index (χ3v) is 5.45. The van der Waals surface area contributed by atoms with E-state index in [1.54, 1.807) is 7.11 Å². The lowest BCUT2D eigenvalue weighted by molar-refractivity contribution is 0.0286. The predicted octanol–water partition coefficient (Wildman–Crippen LogP) is 5.29. The molecule has 112 valence electrons. The van der Waals surface area contributed by atoms with Crippen LogP contribution in [-0.2, 0) is 4.74 Å². The van der Waals surface area contributed by atoms with Crippen LogP contribution in [0.5, 0.6) is 0 Å². The van der Waals surface area contributed by atoms with Gasteiger partial charge in [-0.15, -0.1) is 0 Å². The molecule has 3 nitrogen and oxygen atoms in total. The molecule has 1 atom stereocenters. The van der Waals surface area contributed by atoms with Crippen molar-refractivity contribution in [3.8, 4) is 0 Å². The van der Waals surface area contributed by atoms with Gasteiger partial charge in [0.15, 0.2) is 0 Å². The number of ether oxygens (including phenoxy) is 1. The molecule has 0 radical (unpaired) electrons. The first-order valence-corrected chi connectivity index (χ1v) is 8.57. The van der Waals surface area contributed by atoms with Crippen LogP contribution in [-0.4, -0.2) is 17.1 Å². The highest BCUT2D eigenvalue weighted by Crippen LogP contribution is 2.36. The molecule has 0 spiro atoms. The molecule has 1 aliphatic rings. The Hall–Kier alpha value is -0.260. The minimum Gasteiger partial charge on any atom is -0.373 e. The van der Waals surface area contributed by atoms with Crippen molar-refractivity contribution >= 4 is 28.1 Å². The standard InChI is InChI=1S/C15H23BrN2OS/c1-9(2)12-11(16)15(20)18-14(17-12)13(19-3)10-7-5-4-6-8-10/h9-10,13H,4-8H2,1-3H3,(H,17,18,20). The van der Waals surface area contributed by atoms with E-state index < -0.39 is 0 Å². The average molecular weight is 359 g/mol. The molecular weight excluding hydrogens is 336 g/mol. The molecule has 1 aliphatic carbocycles. The molecule has 1 saturated carbocycles. The number of rotatable bonds is 4. The second-order valence-corrected chi connectivity index (χ2v) is 7.04. The lowest BCUT2D eigenvalue weighted by Gasteiger charge is -2.29. The molecular formula is C15H23BrN2OS. The van der Waals surface area contributed by atoms with Gasteiger partial charge in [0.2, 0.25) is 0 Å². The van der Waals surface area contributed by atoms with Gasteiger partial charge in [0, 0.05) is 12.8 Å². The Bertz CT molecular complexity index is 509. The van der Waals surface area contributed by atoms with Crippen molar-refractivity contribution in [2.24, 2.45) is 5.92 Å². The van der Waals surface area contributed by atoms with Crippen molar-refractivity contribution in [1.29, 1.82) is 0 Å². The summed E-state index contributed by atoms with van der Waals surface area (Å²) < 4.78 is 7.28. The summed E-state index contributed by atoms with van der Waals surface area (Å²) in [4.78, 5) is 8.00. The lowest BCUT2D eigenvalue weighted by atomic mass is 9.85. The van der Waals surface area contributed by atoms with Crippen molar-refractivity contribution in [3.05, 3.63) is 20.6 Å². The maximum Gasteiger partial charge on any atom is 0.144 e. The predicted molar refractivity (Wildman–Crippen MR) is 87.5 cm³/mol. The second kappa shape index (κ2) is 7.14. The molecule has 1 aromatic rings. The van der Waals surface area contributed by atoms with Crippen molar-refractivity contribution in [2.75, 3.05) is 7.11 Å². The molecule has 1 fully saturated rings. The van der Waals surface area contributed by atoms with E-state index in [4.69, 9.17) is 17.0 Å². The number of aromatic nitrogens is 2. The summed E-state index contributed by atoms with van der Waals surface area (Å²) in [5.74, 6) is 1.81. The number of methoxy groups -OCH3 is 1. The van der Waals surface area contributed by atoms with Crippen LogP contribution in [0.15, 0.2) is 4.47 Å². The highest BCUT2D eigenvalue weighted by atomic mass is 79.9. The third kappa shape index (κ3) is 3.49. The van der Waals surface area contributed by atoms with Gasteiger partial charge < -0.3 is 9.72 Å². The van der Waals surface area contributed by atoms with E-state index in [9.17, 15) is 0 Å². The van der Waals surface area contributed by atoms with E-state index in [0.29, 0.717) is 16.5 Å². The van der Waals surface area contributed by atoms with Gasteiger partial charge in [0.25, 0.3) is 0 Å². The Morgan fingerprint density at radius 1 is 1.30 bits per heavy atom. The molecule has 1 N–H and O–H groups in total. The SMILES string of the molecule is COC(c1nc(=S)c(Br)c(C(C)C)[nH]1)C1CCCCC1. The number of halogens is 1. The molecule has 20 heavy (non-hydrogen) atoms. The molecule has 0 aromatic carbocycles. The van der Waals surface area contributed by atoms with Gasteiger partial charge in [-0.1, -0.05) is 45.3 Å². The lowest BCUT2D eigenvalue weighted by Crippen LogP contribution is -2.21. The van der Waals surface area contributed by atoms with Gasteiger partial charge >= 0.3 is 0 Å². The van der Waals surface area contributed by atoms with Gasteiger partial charge in [0.05, 0.1) is 4.47 Å². The molecule has 1 heterocycles. The van der Waals surface area contributed by atoms with Gasteiger partial charge in [-0.05, 0) is 40.6 Å². The van der Waals surface area contributed by atoms with Crippen molar-refractivity contribution in [3.63, 3.8) is 0 Å². The van der Waals surface area contributed by atoms with E-state index in [1.807, 2.05) is 0 Å². The van der Waals surface area contributed by atoms with E-state index in [0.717, 1.165) is 16.0 Å². The summed E-state index contributed by atoms with van der Waals surface area (Å²) in [6.07, 6.45) is 6.38. The highest BCUT2D eigenvalue weighted by molar-refractivity contribution is 9.10. The maximum absolute atomic E-state index is 5.75. The Morgan fingerprint density at radius 2 is 1.95 bits per heavy atom. The number of nitrogens with zero attached hydrogens (tertiary/aromatic N) is 1. The largest absolute Gasteiger partial charge is 0.373 e. The van der Waals surface area contributed by atoms with E-state index in [1.165, 1.54) is 32.1 Å². The molecule has 0 saturated heterocycles. The van der Waals surface area contributed by atoms with Crippen LogP contribution < -0.4 is 0 Å². The Labute approximate surface area is 134 Å². The molecule has 5 heteroatoms. The van der Waals surface area contributed by atoms with Crippen molar-refractivity contribution in [1.82, 2.24) is 9.97 Å². The zero-order valence-electron chi connectivity index (χ0n) is 12.4. The van der Waals surface area contributed by atoms with Crippen LogP contribution in [0.25, 0.3) is 0 Å². The first-order chi connectivity index (χ1) is 9.54. The zero-order valence-corrected chi connectivity index (χ0v) is 14.8. The quantitative estimate of drug-likeness (QED) is 0.742. The molecule has 0 aliphatic heterocycles. The van der Waals surface area contributed by atoms with Gasteiger partial charge in [-0.25, -0.2) is 4.98 Å². The number of nitrogens with one attached hydrogen (secondary N) is 1. The summed E-state index contributed by atoms with van der Waals surface area (Å²) in [5, 5.41) is 0. The maximum atomic E-state index is 5.75. The number of hydrogen-bond donors (Lipinski definition) is 1. The molecule has 1 aromatic heterocycles. The number of H-pyrrole nitrogens is 1. The topological polar surface area (TPSA) is 37.9 Å². The first-order valence-electron chi connectivity index (χ1n) is 7.37. The summed E-state index contributed by atoms with van der Waals surface area (Å²) in [6, 6.07) is 0. The second-order valence-electron chi connectivity index (χ2n) is 5.86. The normalized spacial score (nSPS) is 18.4. The molecule has 0 bridgehead atoms. The fourth-order valence-electron chi connectivity index (χ4n) is 2.99. The van der Waals surface area contributed by atoms with Crippen LogP contribution in [0.2, 0.25) is 0 Å². The Morgan fingerprint density at radius 3 is 2.50 bits per heavy atom. The van der Waals surface area contributed by atoms with E-state index in [-0.39, 0.29) is 6.10 Å². The number of aromatic amines is 1. The Balaban J connectivity index is 2.36. The zero-order chi connectivity index (χ0) is 14.7. The summed E-state index contributed by atoms with van der Waals surface area (Å²) >= 11 is 8.93. The van der Waals surface area contributed by atoms with Gasteiger partial charge in [0.1, 0.15) is 16.6 Å². The monoisotopic (exact) mass is 358 g/mol. The molecule has 1 unspecified atom stereocenters. The summed E-state index contributed by atoms with van der Waals surface area (Å²) in [6.45, 7) is 4.30. The third-order valence-electron chi connectivity index (χ3n) is 4.09. The first kappa shape index (κ1) is 16.1. The molecule has 0 amide bonds. The van der Waals surface area contributed by atoms with E-state index >= 15 is 0 Å². The average Bonchev–Trinajstić information content (AvgIpc) is 2.44. The smallest absolute Gasteiger partial charge is 0.144 e. The van der Waals surface area contributed by atoms with Gasteiger partial charge in [-0.2, -0.15) is 0 Å². The van der Waals surface area contributed by atoms with E-state index in [2.05, 4.69) is 39.7 Å². The van der Waals surface area contributed by atoms with Crippen molar-refractivity contribution in [2.45, 2.75) is 58.0 Å². The van der Waals surface area contributed by atoms with Gasteiger partial charge in [-0.3, -0.25) is 0 Å². The van der Waals surface area contributed by atoms with Crippen molar-refractivity contribution < 1.29 is 4.74 Å². The van der Waals surface area contributed by atoms with Crippen LogP contribution in [0, 0.1) is 10.6 Å².